The van der Waals surface area contributed by atoms with E-state index in [4.69, 9.17) is 0 Å². The van der Waals surface area contributed by atoms with E-state index in [2.05, 4.69) is 43.3 Å². The van der Waals surface area contributed by atoms with Gasteiger partial charge in [-0.15, -0.1) is 12.0 Å². The number of rotatable bonds is 0. The Labute approximate surface area is 123 Å². The molecule has 1 aromatic carbocycles. The van der Waals surface area contributed by atoms with E-state index in [1.807, 2.05) is 0 Å². The third kappa shape index (κ3) is 4.07. The van der Waals surface area contributed by atoms with Crippen molar-refractivity contribution in [1.29, 1.82) is 0 Å². The summed E-state index contributed by atoms with van der Waals surface area (Å²) in [4.78, 5) is 0. The Morgan fingerprint density at radius 1 is 1.00 bits per heavy atom. The molecule has 0 nitrogen and oxygen atoms in total. The third-order valence-corrected chi connectivity index (χ3v) is 1.90. The molecule has 4 heteroatoms. The van der Waals surface area contributed by atoms with Crippen molar-refractivity contribution in [2.24, 2.45) is 0 Å². The molecule has 0 bridgehead atoms. The normalized spacial score (nSPS) is 15.1. The molecule has 14 heavy (non-hydrogen) atoms. The molecule has 0 aliphatic heterocycles. The molecule has 0 heterocycles. The van der Waals surface area contributed by atoms with Crippen LogP contribution in [0.2, 0.25) is 0 Å². The molecule has 0 saturated heterocycles. The molecule has 0 fully saturated rings. The number of benzene rings is 1. The van der Waals surface area contributed by atoms with Crippen LogP contribution in [0.4, 0.5) is 0 Å². The number of fused-ring (bicyclic) bond motifs is 1. The number of hydrogen-bond donors (Lipinski definition) is 0. The molecule has 2 rings (SSSR count). The van der Waals surface area contributed by atoms with E-state index in [9.17, 15) is 0 Å². The van der Waals surface area contributed by atoms with Gasteiger partial charge in [0.1, 0.15) is 0 Å². The molecule has 1 unspecified atom stereocenters. The van der Waals surface area contributed by atoms with Crippen LogP contribution in [-0.4, -0.2) is 0 Å². The van der Waals surface area contributed by atoms with Crippen molar-refractivity contribution in [2.75, 3.05) is 0 Å². The maximum Gasteiger partial charge on any atom is 4.00 e. The summed E-state index contributed by atoms with van der Waals surface area (Å²) < 4.78 is 0. The van der Waals surface area contributed by atoms with Crippen molar-refractivity contribution in [1.82, 2.24) is 0 Å². The minimum Gasteiger partial charge on any atom is -1.00 e. The van der Waals surface area contributed by atoms with Crippen LogP contribution in [0.15, 0.2) is 30.3 Å². The molecule has 0 amide bonds. The van der Waals surface area contributed by atoms with E-state index in [1.54, 1.807) is 0 Å². The summed E-state index contributed by atoms with van der Waals surface area (Å²) in [6.07, 6.45) is 4.26. The Balaban J connectivity index is -0.000000302. The van der Waals surface area contributed by atoms with E-state index >= 15 is 0 Å². The predicted octanol–water partition coefficient (Wildman–Crippen LogP) is -6.36. The first kappa shape index (κ1) is 20.2. The van der Waals surface area contributed by atoms with Gasteiger partial charge in [0.05, 0.1) is 0 Å². The van der Waals surface area contributed by atoms with Gasteiger partial charge in [-0.3, -0.25) is 0 Å². The quantitative estimate of drug-likeness (QED) is 0.416. The molecule has 0 aromatic heterocycles. The molecule has 1 aliphatic carbocycles. The topological polar surface area (TPSA) is 0 Å². The van der Waals surface area contributed by atoms with Gasteiger partial charge in [-0.1, -0.05) is 35.9 Å². The molecule has 0 saturated carbocycles. The second-order valence-corrected chi connectivity index (χ2v) is 2.59. The predicted molar refractivity (Wildman–Crippen MR) is 43.6 cm³/mol. The van der Waals surface area contributed by atoms with Gasteiger partial charge in [0.2, 0.25) is 0 Å². The zero-order valence-electron chi connectivity index (χ0n) is 7.38. The fraction of sp³-hybridized carbons (Fsp3) is 0.100. The summed E-state index contributed by atoms with van der Waals surface area (Å²) in [6, 6.07) is 8.37. The Kier molecular flexibility index (Phi) is 12.9. The largest absolute Gasteiger partial charge is 4.00 e. The van der Waals surface area contributed by atoms with Crippen molar-refractivity contribution in [2.45, 2.75) is 5.92 Å². The van der Waals surface area contributed by atoms with Gasteiger partial charge in [-0.2, -0.15) is 0 Å². The molecule has 0 radical (unpaired) electrons. The van der Waals surface area contributed by atoms with Crippen LogP contribution in [0, 0.1) is 6.92 Å². The van der Waals surface area contributed by atoms with Crippen LogP contribution in [0.5, 0.6) is 0 Å². The summed E-state index contributed by atoms with van der Waals surface area (Å²) in [5.41, 5.74) is 2.67. The first-order chi connectivity index (χ1) is 4.88. The Hall–Kier alpha value is 0.713. The van der Waals surface area contributed by atoms with Gasteiger partial charge in [0.15, 0.2) is 0 Å². The summed E-state index contributed by atoms with van der Waals surface area (Å²) in [6.45, 7) is 3.99. The first-order valence-electron chi connectivity index (χ1n) is 3.48. The Morgan fingerprint density at radius 2 is 1.57 bits per heavy atom. The van der Waals surface area contributed by atoms with Crippen molar-refractivity contribution < 1.29 is 63.4 Å². The molecule has 1 atom stereocenters. The summed E-state index contributed by atoms with van der Waals surface area (Å²) in [7, 11) is 0. The van der Waals surface area contributed by atoms with Gasteiger partial charge in [0, 0.05) is 0 Å². The Bertz CT molecular complexity index is 286. The minimum atomic E-state index is 0. The summed E-state index contributed by atoms with van der Waals surface area (Å²) in [5, 5.41) is 0. The van der Waals surface area contributed by atoms with E-state index in [1.165, 1.54) is 11.1 Å². The van der Waals surface area contributed by atoms with Crippen molar-refractivity contribution in [3.05, 3.63) is 48.4 Å². The minimum absolute atomic E-state index is 0. The average Bonchev–Trinajstić information content (AvgIpc) is 2.34. The van der Waals surface area contributed by atoms with E-state index in [0.717, 1.165) is 0 Å². The van der Waals surface area contributed by atoms with Gasteiger partial charge >= 0.3 is 26.2 Å². The van der Waals surface area contributed by atoms with E-state index in [0.29, 0.717) is 5.92 Å². The van der Waals surface area contributed by atoms with Crippen LogP contribution in [0.1, 0.15) is 17.0 Å². The third-order valence-electron chi connectivity index (χ3n) is 1.90. The number of hydrogen-bond acceptors (Lipinski definition) is 0. The van der Waals surface area contributed by atoms with E-state index < -0.39 is 0 Å². The summed E-state index contributed by atoms with van der Waals surface area (Å²) >= 11 is 0. The van der Waals surface area contributed by atoms with Crippen LogP contribution in [0.25, 0.3) is 6.08 Å². The van der Waals surface area contributed by atoms with Crippen LogP contribution >= 0.6 is 0 Å². The van der Waals surface area contributed by atoms with E-state index in [-0.39, 0.29) is 63.4 Å². The Morgan fingerprint density at radius 3 is 2.14 bits per heavy atom. The number of halogens is 3. The molecular weight excluding hydrogens is 318 g/mol. The molecule has 74 valence electrons. The van der Waals surface area contributed by atoms with Crippen LogP contribution < -0.4 is 37.2 Å². The van der Waals surface area contributed by atoms with Gasteiger partial charge in [0.25, 0.3) is 0 Å². The van der Waals surface area contributed by atoms with Crippen LogP contribution in [-0.2, 0) is 26.2 Å². The first-order valence-corrected chi connectivity index (χ1v) is 3.48. The maximum atomic E-state index is 3.99. The molecule has 1 aliphatic rings. The average molecular weight is 327 g/mol. The smallest absolute Gasteiger partial charge is 1.00 e. The standard InChI is InChI=1S/C10H9.3ClH.Zr/c1-8-6-7-9-4-2-3-5-10(8)9;;;;/h2-8H,1H2;3*1H;/q-1;;;;+4/p-3. The van der Waals surface area contributed by atoms with Crippen LogP contribution in [0.3, 0.4) is 0 Å². The molecule has 1 aromatic rings. The number of allylic oxidation sites excluding steroid dienone is 1. The fourth-order valence-corrected chi connectivity index (χ4v) is 1.32. The fourth-order valence-electron chi connectivity index (χ4n) is 1.32. The summed E-state index contributed by atoms with van der Waals surface area (Å²) in [5.74, 6) is 0.371. The SMILES string of the molecule is [CH2-]C1C=Cc2ccccc21.[Cl-].[Cl-].[Cl-].[Zr+4]. The second kappa shape index (κ2) is 8.98. The van der Waals surface area contributed by atoms with Crippen molar-refractivity contribution in [3.8, 4) is 0 Å². The molecular formula is C10H9Cl3Zr. The van der Waals surface area contributed by atoms with Gasteiger partial charge in [-0.05, 0) is 5.56 Å². The van der Waals surface area contributed by atoms with Gasteiger partial charge in [-0.25, -0.2) is 0 Å². The van der Waals surface area contributed by atoms with Crippen molar-refractivity contribution in [3.63, 3.8) is 0 Å². The maximum absolute atomic E-state index is 3.99. The molecule has 0 N–H and O–H groups in total. The zero-order chi connectivity index (χ0) is 6.97. The zero-order valence-corrected chi connectivity index (χ0v) is 12.1. The second-order valence-electron chi connectivity index (χ2n) is 2.59. The monoisotopic (exact) mass is 324 g/mol. The molecule has 0 spiro atoms. The van der Waals surface area contributed by atoms with Crippen molar-refractivity contribution >= 4 is 6.08 Å². The van der Waals surface area contributed by atoms with Gasteiger partial charge < -0.3 is 44.1 Å².